The fraction of sp³-hybridized carbons (Fsp3) is 0.727. The maximum Gasteiger partial charge on any atom is 0.339 e. The molecule has 0 fully saturated rings. The van der Waals surface area contributed by atoms with Crippen molar-refractivity contribution in [2.75, 3.05) is 56.4 Å². The van der Waals surface area contributed by atoms with E-state index in [2.05, 4.69) is 26.9 Å². The van der Waals surface area contributed by atoms with Gasteiger partial charge in [-0.1, -0.05) is 0 Å². The Balaban J connectivity index is -0.0000000799. The van der Waals surface area contributed by atoms with Gasteiger partial charge in [-0.25, -0.2) is 20.4 Å². The van der Waals surface area contributed by atoms with Gasteiger partial charge < -0.3 is 24.8 Å². The zero-order valence-corrected chi connectivity index (χ0v) is 25.5. The summed E-state index contributed by atoms with van der Waals surface area (Å²) in [6.07, 6.45) is 0. The minimum atomic E-state index is -0.204. The van der Waals surface area contributed by atoms with Gasteiger partial charge in [-0.05, 0) is 62.4 Å². The predicted octanol–water partition coefficient (Wildman–Crippen LogP) is 1.34. The van der Waals surface area contributed by atoms with Crippen LogP contribution in [0.3, 0.4) is 0 Å². The quantitative estimate of drug-likeness (QED) is 0.181. The van der Waals surface area contributed by atoms with Crippen molar-refractivity contribution in [1.82, 2.24) is 30.7 Å². The summed E-state index contributed by atoms with van der Waals surface area (Å²) in [5.74, 6) is 10.0. The second-order valence-corrected chi connectivity index (χ2v) is 7.92. The number of amides is 4. The van der Waals surface area contributed by atoms with Crippen molar-refractivity contribution in [2.24, 2.45) is 21.9 Å². The fourth-order valence-electron chi connectivity index (χ4n) is 1.17. The highest BCUT2D eigenvalue weighted by molar-refractivity contribution is 5.81. The summed E-state index contributed by atoms with van der Waals surface area (Å²) in [6.45, 7) is 13.7. The lowest BCUT2D eigenvalue weighted by molar-refractivity contribution is -0.115. The van der Waals surface area contributed by atoms with E-state index in [4.69, 9.17) is 5.84 Å². The molecule has 14 heteroatoms. The summed E-state index contributed by atoms with van der Waals surface area (Å²) in [5, 5.41) is 10.1. The van der Waals surface area contributed by atoms with E-state index in [0.717, 1.165) is 16.4 Å². The Morgan fingerprint density at radius 1 is 0.639 bits per heavy atom. The molecule has 0 unspecified atom stereocenters. The molecule has 0 bridgehead atoms. The zero-order valence-electron chi connectivity index (χ0n) is 25.5. The summed E-state index contributed by atoms with van der Waals surface area (Å²) in [6, 6.07) is -0.323. The number of hydrazone groups is 2. The van der Waals surface area contributed by atoms with Crippen molar-refractivity contribution < 1.29 is 19.2 Å². The van der Waals surface area contributed by atoms with Crippen molar-refractivity contribution in [3.05, 3.63) is 0 Å². The standard InChI is InChI=1S/C7H15N3O.C4H11N3O.C4H10N2.2C3H6O.CH6N2/c1-6(2)8-10(5)7(11)9(3)4;1-6(2)4(8)7(3)5;1-4(2)6-5-3;2*1-3(2)4;1-3-2/h1-5H3;5H2,1-3H3;5H,1-3H3;2*1-2H3;3H,2H2,1H3. The van der Waals surface area contributed by atoms with E-state index in [1.165, 1.54) is 49.6 Å². The molecular formula is C22H54N10O4. The Morgan fingerprint density at radius 3 is 1.00 bits per heavy atom. The number of carbonyl (C=O) groups excluding carboxylic acids is 4. The van der Waals surface area contributed by atoms with Crippen LogP contribution in [0, 0.1) is 0 Å². The minimum Gasteiger partial charge on any atom is -0.330 e. The van der Waals surface area contributed by atoms with E-state index in [1.54, 1.807) is 49.3 Å². The Kier molecular flexibility index (Phi) is 41.0. The molecule has 0 rings (SSSR count). The number of nitrogens with one attached hydrogen (secondary N) is 2. The Morgan fingerprint density at radius 2 is 0.917 bits per heavy atom. The number of nitrogens with two attached hydrogens (primary N) is 2. The first kappa shape index (κ1) is 46.3. The van der Waals surface area contributed by atoms with Gasteiger partial charge in [0.1, 0.15) is 11.6 Å². The van der Waals surface area contributed by atoms with Gasteiger partial charge in [0, 0.05) is 60.8 Å². The van der Waals surface area contributed by atoms with E-state index >= 15 is 0 Å². The molecule has 0 aromatic rings. The lowest BCUT2D eigenvalue weighted by atomic mass is 10.5. The van der Waals surface area contributed by atoms with Crippen molar-refractivity contribution in [3.8, 4) is 0 Å². The van der Waals surface area contributed by atoms with Gasteiger partial charge in [0.2, 0.25) is 0 Å². The van der Waals surface area contributed by atoms with Crippen LogP contribution in [0.2, 0.25) is 0 Å². The number of Topliss-reactive ketones (excluding diaryl/α,β-unsaturated/α-hetero) is 2. The number of urea groups is 2. The van der Waals surface area contributed by atoms with Crippen molar-refractivity contribution in [3.63, 3.8) is 0 Å². The molecule has 0 aromatic heterocycles. The van der Waals surface area contributed by atoms with Crippen LogP contribution in [-0.2, 0) is 9.59 Å². The van der Waals surface area contributed by atoms with Crippen molar-refractivity contribution in [1.29, 1.82) is 0 Å². The first-order chi connectivity index (χ1) is 16.1. The molecule has 0 radical (unpaired) electrons. The van der Waals surface area contributed by atoms with Gasteiger partial charge in [-0.15, -0.1) is 0 Å². The molecule has 6 N–H and O–H groups in total. The van der Waals surface area contributed by atoms with Crippen molar-refractivity contribution in [2.45, 2.75) is 55.4 Å². The van der Waals surface area contributed by atoms with Crippen LogP contribution in [0.1, 0.15) is 55.4 Å². The molecule has 0 saturated carbocycles. The SMILES string of the molecule is CC(C)=NN(C)C(=O)N(C)C.CC(C)=O.CC(C)=O.CN(C)C(=O)N(C)N.CNN.CNN=C(C)C. The topological polar surface area (TPSA) is 182 Å². The number of hydrogen-bond donors (Lipinski definition) is 4. The highest BCUT2D eigenvalue weighted by atomic mass is 16.2. The van der Waals surface area contributed by atoms with Gasteiger partial charge in [-0.2, -0.15) is 10.2 Å². The van der Waals surface area contributed by atoms with E-state index in [-0.39, 0.29) is 23.6 Å². The number of hydrogen-bond acceptors (Lipinski definition) is 10. The third-order valence-corrected chi connectivity index (χ3v) is 2.03. The van der Waals surface area contributed by atoms with Crippen LogP contribution in [0.5, 0.6) is 0 Å². The summed E-state index contributed by atoms with van der Waals surface area (Å²) in [5.41, 5.74) is 6.82. The molecule has 0 aromatic carbocycles. The van der Waals surface area contributed by atoms with Crippen LogP contribution in [0.4, 0.5) is 9.59 Å². The lowest BCUT2D eigenvalue weighted by Gasteiger charge is -2.16. The van der Waals surface area contributed by atoms with Crippen LogP contribution in [-0.4, -0.2) is 111 Å². The first-order valence-electron chi connectivity index (χ1n) is 10.8. The second kappa shape index (κ2) is 31.9. The van der Waals surface area contributed by atoms with E-state index in [0.29, 0.717) is 0 Å². The van der Waals surface area contributed by atoms with Crippen LogP contribution < -0.4 is 22.5 Å². The zero-order chi connectivity index (χ0) is 30.6. The second-order valence-electron chi connectivity index (χ2n) is 7.92. The Bertz CT molecular complexity index is 596. The predicted molar refractivity (Wildman–Crippen MR) is 150 cm³/mol. The van der Waals surface area contributed by atoms with E-state index in [9.17, 15) is 19.2 Å². The molecule has 14 nitrogen and oxygen atoms in total. The maximum absolute atomic E-state index is 11.1. The van der Waals surface area contributed by atoms with Crippen LogP contribution in [0.25, 0.3) is 0 Å². The average Bonchev–Trinajstić information content (AvgIpc) is 2.66. The van der Waals surface area contributed by atoms with Crippen molar-refractivity contribution >= 4 is 35.1 Å². The molecule has 4 amide bonds. The summed E-state index contributed by atoms with van der Waals surface area (Å²) in [4.78, 5) is 43.5. The molecule has 0 aliphatic rings. The monoisotopic (exact) mass is 522 g/mol. The number of nitrogens with zero attached hydrogens (tertiary/aromatic N) is 6. The minimum absolute atomic E-state index is 0.119. The van der Waals surface area contributed by atoms with E-state index < -0.39 is 0 Å². The van der Waals surface area contributed by atoms with Crippen LogP contribution >= 0.6 is 0 Å². The molecule has 0 aliphatic carbocycles. The Hall–Kier alpha value is -3.10. The molecule has 216 valence electrons. The first-order valence-corrected chi connectivity index (χ1v) is 10.8. The largest absolute Gasteiger partial charge is 0.339 e. The molecular weight excluding hydrogens is 468 g/mol. The lowest BCUT2D eigenvalue weighted by Crippen LogP contribution is -2.40. The molecule has 0 spiro atoms. The number of hydrazine groups is 2. The van der Waals surface area contributed by atoms with E-state index in [1.807, 2.05) is 27.7 Å². The highest BCUT2D eigenvalue weighted by Crippen LogP contribution is 1.91. The molecule has 0 heterocycles. The summed E-state index contributed by atoms with van der Waals surface area (Å²) < 4.78 is 0. The third-order valence-electron chi connectivity index (χ3n) is 2.03. The smallest absolute Gasteiger partial charge is 0.330 e. The van der Waals surface area contributed by atoms with Gasteiger partial charge in [0.15, 0.2) is 0 Å². The maximum atomic E-state index is 11.1. The van der Waals surface area contributed by atoms with Gasteiger partial charge >= 0.3 is 12.1 Å². The average molecular weight is 523 g/mol. The molecule has 0 atom stereocenters. The number of ketones is 2. The normalized spacial score (nSPS) is 7.72. The van der Waals surface area contributed by atoms with Gasteiger partial charge in [-0.3, -0.25) is 16.3 Å². The summed E-state index contributed by atoms with van der Waals surface area (Å²) in [7, 11) is 13.3. The Labute approximate surface area is 219 Å². The molecule has 0 aliphatic heterocycles. The highest BCUT2D eigenvalue weighted by Gasteiger charge is 2.07. The number of carbonyl (C=O) groups is 4. The number of rotatable bonds is 2. The van der Waals surface area contributed by atoms with Gasteiger partial charge in [0.05, 0.1) is 0 Å². The summed E-state index contributed by atoms with van der Waals surface area (Å²) >= 11 is 0. The molecule has 36 heavy (non-hydrogen) atoms. The van der Waals surface area contributed by atoms with Gasteiger partial charge in [0.25, 0.3) is 0 Å². The van der Waals surface area contributed by atoms with Crippen LogP contribution in [0.15, 0.2) is 10.2 Å². The molecule has 0 saturated heterocycles. The fourth-order valence-corrected chi connectivity index (χ4v) is 1.17. The third kappa shape index (κ3) is 69.8.